The number of alkyl halides is 6. The Labute approximate surface area is 467 Å². The van der Waals surface area contributed by atoms with Crippen LogP contribution in [-0.2, 0) is 37.2 Å². The third-order valence-corrected chi connectivity index (χ3v) is 16.6. The molecule has 2 fully saturated rings. The molecule has 19 nitrogen and oxygen atoms in total. The molecule has 0 aliphatic carbocycles. The number of aromatic nitrogens is 4. The first-order chi connectivity index (χ1) is 37.8. The van der Waals surface area contributed by atoms with E-state index in [9.17, 15) is 48.0 Å². The maximum absolute atomic E-state index is 14.8. The number of halogens is 6. The zero-order valence-corrected chi connectivity index (χ0v) is 47.4. The molecule has 6 aromatic rings. The fourth-order valence-electron chi connectivity index (χ4n) is 9.39. The number of sulfonamides is 2. The van der Waals surface area contributed by atoms with Crippen LogP contribution in [0.3, 0.4) is 0 Å². The zero-order valence-electron chi connectivity index (χ0n) is 45.8. The molecule has 1 amide bonds. The van der Waals surface area contributed by atoms with Crippen molar-refractivity contribution in [3.05, 3.63) is 120 Å². The third kappa shape index (κ3) is 15.4. The van der Waals surface area contributed by atoms with E-state index in [0.29, 0.717) is 54.5 Å². The highest BCUT2D eigenvalue weighted by molar-refractivity contribution is 7.89. The quantitative estimate of drug-likeness (QED) is 0.0468. The number of nitrogens with zero attached hydrogens (tertiary/aromatic N) is 8. The second-order valence-corrected chi connectivity index (χ2v) is 24.9. The lowest BCUT2D eigenvalue weighted by atomic mass is 10.1. The van der Waals surface area contributed by atoms with E-state index in [2.05, 4.69) is 50.6 Å². The summed E-state index contributed by atoms with van der Waals surface area (Å²) < 4.78 is 147. The summed E-state index contributed by atoms with van der Waals surface area (Å²) in [5.41, 5.74) is -1.50. The van der Waals surface area contributed by atoms with Crippen LogP contribution in [-0.4, -0.2) is 122 Å². The van der Waals surface area contributed by atoms with Crippen molar-refractivity contribution in [3.8, 4) is 0 Å². The first-order valence-electron chi connectivity index (χ1n) is 25.7. The van der Waals surface area contributed by atoms with Crippen molar-refractivity contribution in [3.63, 3.8) is 0 Å². The predicted octanol–water partition coefficient (Wildman–Crippen LogP) is 9.52. The summed E-state index contributed by atoms with van der Waals surface area (Å²) >= 11 is 0. The second kappa shape index (κ2) is 23.3. The van der Waals surface area contributed by atoms with Crippen molar-refractivity contribution in [2.45, 2.75) is 88.6 Å². The summed E-state index contributed by atoms with van der Waals surface area (Å²) in [7, 11) is -8.01. The number of aryl methyl sites for hydroxylation is 2. The molecule has 0 unspecified atom stereocenters. The Balaban J connectivity index is 0.877. The highest BCUT2D eigenvalue weighted by Gasteiger charge is 2.38. The van der Waals surface area contributed by atoms with Gasteiger partial charge in [0.15, 0.2) is 0 Å². The fraction of sp³-hybridized carbons (Fsp3) is 0.389. The zero-order chi connectivity index (χ0) is 58.9. The minimum Gasteiger partial charge on any atom is -0.368 e. The van der Waals surface area contributed by atoms with Gasteiger partial charge in [-0.1, -0.05) is 12.1 Å². The Bertz CT molecular complexity index is 3510. The van der Waals surface area contributed by atoms with Crippen LogP contribution in [0.15, 0.2) is 107 Å². The van der Waals surface area contributed by atoms with Crippen LogP contribution in [0.4, 0.5) is 84.0 Å². The molecule has 27 heteroatoms. The van der Waals surface area contributed by atoms with E-state index in [1.807, 2.05) is 4.90 Å². The van der Waals surface area contributed by atoms with Crippen molar-refractivity contribution >= 4 is 83.6 Å². The van der Waals surface area contributed by atoms with Gasteiger partial charge in [-0.25, -0.2) is 36.2 Å². The van der Waals surface area contributed by atoms with Gasteiger partial charge in [0, 0.05) is 135 Å². The average molecular weight is 1170 g/mol. The maximum Gasteiger partial charge on any atom is 0.418 e. The number of carbonyl (C=O) groups is 1. The largest absolute Gasteiger partial charge is 0.418 e. The van der Waals surface area contributed by atoms with Gasteiger partial charge in [0.25, 0.3) is 0 Å². The normalized spacial score (nSPS) is 15.2. The van der Waals surface area contributed by atoms with Crippen LogP contribution < -0.4 is 40.5 Å². The van der Waals surface area contributed by atoms with Gasteiger partial charge in [-0.05, 0) is 121 Å². The molecule has 2 aliphatic rings. The van der Waals surface area contributed by atoms with Gasteiger partial charge in [-0.2, -0.15) is 36.3 Å². The third-order valence-electron chi connectivity index (χ3n) is 13.1. The second-order valence-electron chi connectivity index (χ2n) is 21.6. The van der Waals surface area contributed by atoms with Gasteiger partial charge in [-0.15, -0.1) is 0 Å². The summed E-state index contributed by atoms with van der Waals surface area (Å²) in [5, 5.41) is 11.9. The van der Waals surface area contributed by atoms with Crippen LogP contribution in [0.25, 0.3) is 0 Å². The molecule has 4 aromatic carbocycles. The Morgan fingerprint density at radius 1 is 0.543 bits per heavy atom. The molecular formula is C54H64F6N14O5S2. The minimum absolute atomic E-state index is 0.00521. The van der Waals surface area contributed by atoms with E-state index in [1.54, 1.807) is 81.4 Å². The molecule has 0 saturated carbocycles. The summed E-state index contributed by atoms with van der Waals surface area (Å²) in [6, 6.07) is 19.8. The molecule has 2 saturated heterocycles. The van der Waals surface area contributed by atoms with Crippen molar-refractivity contribution in [2.75, 3.05) is 90.0 Å². The average Bonchev–Trinajstić information content (AvgIpc) is 3.44. The molecule has 2 aromatic heterocycles. The molecule has 0 radical (unpaired) electrons. The lowest BCUT2D eigenvalue weighted by molar-refractivity contribution is -0.138. The number of hydrogen-bond donors (Lipinski definition) is 6. The highest BCUT2D eigenvalue weighted by Crippen LogP contribution is 2.41. The number of carbonyl (C=O) groups excluding carboxylic acids is 1. The molecule has 4 heterocycles. The Hall–Kier alpha value is -7.33. The van der Waals surface area contributed by atoms with Crippen LogP contribution in [0.1, 0.15) is 63.8 Å². The number of rotatable bonds is 17. The lowest BCUT2D eigenvalue weighted by Gasteiger charge is -2.40. The lowest BCUT2D eigenvalue weighted by Crippen LogP contribution is -2.56. The standard InChI is InChI=1S/C54H64F6N14O5S2/c1-34-31-61-49(67-47(34)63-37-11-9-13-41(27-37)80(76,77)69-51(4,5)6)65-39-15-17-45(43(29-39)53(55,56)57)73-21-19-71(20-22-73)33-52(7,8)70-81(78,79)42-14-10-12-38(28-42)64-48-35(2)32-62-50(68-48)66-40-16-18-46(44(30-40)54(58,59)60)74-25-23-72(24-26-74)36(3)75/h9-18,27-32,69-70H,19-26,33H2,1-8H3,(H2,61,63,65,67)(H2,62,64,66,68). The van der Waals surface area contributed by atoms with E-state index >= 15 is 0 Å². The van der Waals surface area contributed by atoms with Gasteiger partial charge in [-0.3, -0.25) is 9.69 Å². The molecule has 2 aliphatic heterocycles. The van der Waals surface area contributed by atoms with Gasteiger partial charge in [0.2, 0.25) is 37.9 Å². The molecule has 434 valence electrons. The monoisotopic (exact) mass is 1170 g/mol. The first kappa shape index (κ1) is 59.8. The fourth-order valence-corrected chi connectivity index (χ4v) is 12.3. The van der Waals surface area contributed by atoms with Crippen molar-refractivity contribution in [1.82, 2.24) is 39.2 Å². The van der Waals surface area contributed by atoms with E-state index in [1.165, 1.54) is 73.9 Å². The number of piperazine rings is 2. The van der Waals surface area contributed by atoms with E-state index < -0.39 is 54.6 Å². The van der Waals surface area contributed by atoms with Crippen LogP contribution in [0.5, 0.6) is 0 Å². The van der Waals surface area contributed by atoms with E-state index in [4.69, 9.17) is 0 Å². The number of benzene rings is 4. The summed E-state index contributed by atoms with van der Waals surface area (Å²) in [4.78, 5) is 36.0. The molecule has 0 atom stereocenters. The van der Waals surface area contributed by atoms with Crippen molar-refractivity contribution in [1.29, 1.82) is 0 Å². The summed E-state index contributed by atoms with van der Waals surface area (Å²) in [5.74, 6) is 0.387. The van der Waals surface area contributed by atoms with Crippen molar-refractivity contribution < 1.29 is 48.0 Å². The van der Waals surface area contributed by atoms with Crippen molar-refractivity contribution in [2.24, 2.45) is 0 Å². The molecule has 0 spiro atoms. The number of anilines is 10. The maximum atomic E-state index is 14.8. The smallest absolute Gasteiger partial charge is 0.368 e. The SMILES string of the molecule is CC(=O)N1CCN(c2ccc(Nc3ncc(C)c(Nc4cccc(S(=O)(=O)NC(C)(C)CN5CCN(c6ccc(Nc7ncc(C)c(Nc8cccc(S(=O)(=O)NC(C)(C)C)c8)n7)cc6C(F)(F)F)CC5)c4)n3)cc2C(F)(F)F)CC1. The summed E-state index contributed by atoms with van der Waals surface area (Å²) in [6.45, 7) is 15.8. The molecule has 6 N–H and O–H groups in total. The van der Waals surface area contributed by atoms with Crippen LogP contribution in [0, 0.1) is 13.8 Å². The van der Waals surface area contributed by atoms with Gasteiger partial charge >= 0.3 is 12.4 Å². The molecular weight excluding hydrogens is 1100 g/mol. The highest BCUT2D eigenvalue weighted by atomic mass is 32.2. The Morgan fingerprint density at radius 2 is 0.951 bits per heavy atom. The Morgan fingerprint density at radius 3 is 1.36 bits per heavy atom. The first-order valence-corrected chi connectivity index (χ1v) is 28.7. The van der Waals surface area contributed by atoms with Gasteiger partial charge in [0.05, 0.1) is 20.9 Å². The number of amides is 1. The summed E-state index contributed by atoms with van der Waals surface area (Å²) in [6.07, 6.45) is -6.48. The minimum atomic E-state index is -4.74. The molecule has 0 bridgehead atoms. The van der Waals surface area contributed by atoms with E-state index in [0.717, 1.165) is 12.1 Å². The molecule has 8 rings (SSSR count). The van der Waals surface area contributed by atoms with E-state index in [-0.39, 0.29) is 88.9 Å². The van der Waals surface area contributed by atoms with Gasteiger partial charge < -0.3 is 36.0 Å². The van der Waals surface area contributed by atoms with Crippen LogP contribution in [0.2, 0.25) is 0 Å². The number of hydrogen-bond acceptors (Lipinski definition) is 16. The van der Waals surface area contributed by atoms with Gasteiger partial charge in [0.1, 0.15) is 11.6 Å². The van der Waals surface area contributed by atoms with Crippen LogP contribution >= 0.6 is 0 Å². The predicted molar refractivity (Wildman–Crippen MR) is 300 cm³/mol. The molecule has 81 heavy (non-hydrogen) atoms. The Kier molecular flexibility index (Phi) is 17.2. The topological polar surface area (TPSA) is 222 Å². The number of nitrogens with one attached hydrogen (secondary N) is 6.